The van der Waals surface area contributed by atoms with Crippen LogP contribution < -0.4 is 10.7 Å². The lowest BCUT2D eigenvalue weighted by atomic mass is 10.0. The van der Waals surface area contributed by atoms with Crippen molar-refractivity contribution in [2.75, 3.05) is 13.1 Å². The molecule has 25 heavy (non-hydrogen) atoms. The summed E-state index contributed by atoms with van der Waals surface area (Å²) < 4.78 is 0. The molecule has 2 rings (SSSR count). The molecule has 1 aliphatic heterocycles. The molecule has 0 radical (unpaired) electrons. The number of hydrogen-bond donors (Lipinski definition) is 3. The number of rotatable bonds is 5. The summed E-state index contributed by atoms with van der Waals surface area (Å²) in [6, 6.07) is 0. The topological polar surface area (TPSA) is 64.6 Å². The maximum atomic E-state index is 12.3. The number of aliphatic hydroxyl groups excluding tert-OH is 1. The second kappa shape index (κ2) is 9.89. The summed E-state index contributed by atoms with van der Waals surface area (Å²) in [7, 11) is 0. The second-order valence-electron chi connectivity index (χ2n) is 6.10. The minimum Gasteiger partial charge on any atom is -0.512 e. The Morgan fingerprint density at radius 1 is 1.44 bits per heavy atom. The predicted molar refractivity (Wildman–Crippen MR) is 106 cm³/mol. The zero-order valence-corrected chi connectivity index (χ0v) is 16.1. The molecule has 1 heterocycles. The smallest absolute Gasteiger partial charge is 0.255 e. The lowest BCUT2D eigenvalue weighted by Crippen LogP contribution is -2.32. The van der Waals surface area contributed by atoms with Crippen molar-refractivity contribution < 1.29 is 11.3 Å². The normalized spacial score (nSPS) is 17.5. The SMILES string of the molecule is C=C(C)/C(CN1C=C(NC(=O)C2=CCCC(C)=C2)CN1)=C(/C)O.CC.[HH]. The van der Waals surface area contributed by atoms with Gasteiger partial charge in [-0.15, -0.1) is 0 Å². The van der Waals surface area contributed by atoms with Gasteiger partial charge >= 0.3 is 0 Å². The van der Waals surface area contributed by atoms with Crippen LogP contribution >= 0.6 is 0 Å². The Morgan fingerprint density at radius 2 is 2.12 bits per heavy atom. The van der Waals surface area contributed by atoms with Crippen LogP contribution in [0.5, 0.6) is 0 Å². The number of carbonyl (C=O) groups is 1. The first-order valence-electron chi connectivity index (χ1n) is 8.81. The van der Waals surface area contributed by atoms with Crippen molar-refractivity contribution in [2.24, 2.45) is 0 Å². The monoisotopic (exact) mass is 347 g/mol. The van der Waals surface area contributed by atoms with Gasteiger partial charge in [0.15, 0.2) is 0 Å². The Balaban J connectivity index is 0.00000201. The number of carbonyl (C=O) groups excluding carboxylic acids is 1. The Bertz CT molecular complexity index is 641. The Labute approximate surface area is 152 Å². The van der Waals surface area contributed by atoms with Gasteiger partial charge in [0.25, 0.3) is 5.91 Å². The molecule has 140 valence electrons. The molecule has 0 saturated heterocycles. The van der Waals surface area contributed by atoms with Gasteiger partial charge in [0.2, 0.25) is 0 Å². The van der Waals surface area contributed by atoms with Crippen LogP contribution in [-0.2, 0) is 4.79 Å². The summed E-state index contributed by atoms with van der Waals surface area (Å²) in [5.41, 5.74) is 7.54. The van der Waals surface area contributed by atoms with E-state index in [0.717, 1.165) is 35.3 Å². The van der Waals surface area contributed by atoms with Crippen LogP contribution in [0.1, 0.15) is 48.9 Å². The van der Waals surface area contributed by atoms with Crippen LogP contribution in [0, 0.1) is 0 Å². The third-order valence-corrected chi connectivity index (χ3v) is 3.91. The number of hydrogen-bond acceptors (Lipinski definition) is 4. The van der Waals surface area contributed by atoms with Crippen molar-refractivity contribution in [2.45, 2.75) is 47.5 Å². The molecular formula is C20H33N3O2. The first kappa shape index (κ1) is 20.8. The summed E-state index contributed by atoms with van der Waals surface area (Å²) in [6.07, 6.45) is 7.70. The summed E-state index contributed by atoms with van der Waals surface area (Å²) >= 11 is 0. The van der Waals surface area contributed by atoms with E-state index >= 15 is 0 Å². The minimum atomic E-state index is -0.0760. The Morgan fingerprint density at radius 3 is 2.68 bits per heavy atom. The van der Waals surface area contributed by atoms with E-state index in [1.807, 2.05) is 51.1 Å². The third kappa shape index (κ3) is 6.27. The van der Waals surface area contributed by atoms with E-state index in [4.69, 9.17) is 0 Å². The number of allylic oxidation sites excluding steroid dienone is 3. The van der Waals surface area contributed by atoms with Crippen LogP contribution in [0.2, 0.25) is 0 Å². The van der Waals surface area contributed by atoms with Crippen molar-refractivity contribution in [1.29, 1.82) is 0 Å². The molecule has 3 N–H and O–H groups in total. The second-order valence-corrected chi connectivity index (χ2v) is 6.10. The average Bonchev–Trinajstić information content (AvgIpc) is 3.01. The fourth-order valence-electron chi connectivity index (χ4n) is 2.60. The number of nitrogens with one attached hydrogen (secondary N) is 2. The zero-order valence-electron chi connectivity index (χ0n) is 16.1. The summed E-state index contributed by atoms with van der Waals surface area (Å²) in [4.78, 5) is 12.3. The maximum absolute atomic E-state index is 12.3. The lowest BCUT2D eigenvalue weighted by molar-refractivity contribution is -0.116. The molecular weight excluding hydrogens is 314 g/mol. The van der Waals surface area contributed by atoms with Crippen molar-refractivity contribution in [1.82, 2.24) is 15.8 Å². The lowest BCUT2D eigenvalue weighted by Gasteiger charge is -2.18. The van der Waals surface area contributed by atoms with Crippen molar-refractivity contribution in [3.05, 3.63) is 58.7 Å². The van der Waals surface area contributed by atoms with E-state index in [1.54, 1.807) is 6.92 Å². The first-order valence-corrected chi connectivity index (χ1v) is 8.81. The van der Waals surface area contributed by atoms with Gasteiger partial charge in [0, 0.05) is 18.8 Å². The fourth-order valence-corrected chi connectivity index (χ4v) is 2.60. The average molecular weight is 348 g/mol. The third-order valence-electron chi connectivity index (χ3n) is 3.91. The molecule has 0 aromatic heterocycles. The summed E-state index contributed by atoms with van der Waals surface area (Å²) in [5, 5.41) is 14.5. The largest absolute Gasteiger partial charge is 0.512 e. The molecule has 1 aliphatic carbocycles. The highest BCUT2D eigenvalue weighted by Crippen LogP contribution is 2.18. The highest BCUT2D eigenvalue weighted by molar-refractivity contribution is 5.97. The van der Waals surface area contributed by atoms with Gasteiger partial charge in [0.1, 0.15) is 0 Å². The van der Waals surface area contributed by atoms with Crippen LogP contribution in [0.4, 0.5) is 0 Å². The van der Waals surface area contributed by atoms with E-state index in [9.17, 15) is 9.90 Å². The molecule has 2 aliphatic rings. The van der Waals surface area contributed by atoms with Crippen LogP contribution in [0.3, 0.4) is 0 Å². The van der Waals surface area contributed by atoms with Gasteiger partial charge in [-0.05, 0) is 39.2 Å². The fraction of sp³-hybridized carbons (Fsp3) is 0.450. The molecule has 1 amide bonds. The molecule has 5 heteroatoms. The zero-order chi connectivity index (χ0) is 19.0. The maximum Gasteiger partial charge on any atom is 0.255 e. The Hall–Kier alpha value is -2.27. The molecule has 0 aromatic rings. The van der Waals surface area contributed by atoms with Crippen molar-refractivity contribution >= 4 is 5.91 Å². The van der Waals surface area contributed by atoms with Gasteiger partial charge in [-0.25, -0.2) is 5.43 Å². The molecule has 0 unspecified atom stereocenters. The number of aliphatic hydroxyl groups is 1. The van der Waals surface area contributed by atoms with E-state index in [1.165, 1.54) is 5.57 Å². The molecule has 5 nitrogen and oxygen atoms in total. The molecule has 0 saturated carbocycles. The highest BCUT2D eigenvalue weighted by Gasteiger charge is 2.18. The number of hydrazine groups is 1. The van der Waals surface area contributed by atoms with Gasteiger partial charge in [-0.3, -0.25) is 4.79 Å². The van der Waals surface area contributed by atoms with Crippen LogP contribution in [-0.4, -0.2) is 29.1 Å². The van der Waals surface area contributed by atoms with Crippen molar-refractivity contribution in [3.8, 4) is 0 Å². The van der Waals surface area contributed by atoms with Gasteiger partial charge in [0.05, 0.1) is 24.5 Å². The Kier molecular flexibility index (Phi) is 8.22. The van der Waals surface area contributed by atoms with Crippen molar-refractivity contribution in [3.63, 3.8) is 0 Å². The number of amides is 1. The van der Waals surface area contributed by atoms with Crippen LogP contribution in [0.15, 0.2) is 58.7 Å². The van der Waals surface area contributed by atoms with Gasteiger partial charge in [-0.1, -0.05) is 38.2 Å². The molecule has 0 aromatic carbocycles. The van der Waals surface area contributed by atoms with Crippen LogP contribution in [0.25, 0.3) is 0 Å². The summed E-state index contributed by atoms with van der Waals surface area (Å²) in [5.74, 6) is 0.186. The standard InChI is InChI=1S/C18H25N3O2.C2H6.H2/c1-12(2)17(14(4)22)11-21-10-16(9-19-21)20-18(23)15-7-5-6-13(3)8-15;1-2;/h7-8,10,19,22H,1,5-6,9,11H2,2-4H3,(H,20,23);1-2H3;1H/b17-14-;;. The predicted octanol–water partition coefficient (Wildman–Crippen LogP) is 4.11. The van der Waals surface area contributed by atoms with Gasteiger partial charge in [-0.2, -0.15) is 0 Å². The molecule has 0 fully saturated rings. The van der Waals surface area contributed by atoms with E-state index in [2.05, 4.69) is 17.3 Å². The van der Waals surface area contributed by atoms with E-state index < -0.39 is 0 Å². The number of nitrogens with zero attached hydrogens (tertiary/aromatic N) is 1. The van der Waals surface area contributed by atoms with Gasteiger partial charge < -0.3 is 15.4 Å². The quantitative estimate of drug-likeness (QED) is 0.517. The highest BCUT2D eigenvalue weighted by atomic mass is 16.3. The van der Waals surface area contributed by atoms with E-state index in [0.29, 0.717) is 13.1 Å². The molecule has 0 atom stereocenters. The van der Waals surface area contributed by atoms with E-state index in [-0.39, 0.29) is 13.1 Å². The molecule has 0 bridgehead atoms. The minimum absolute atomic E-state index is 0. The summed E-state index contributed by atoms with van der Waals surface area (Å²) in [6.45, 7) is 14.5. The molecule has 0 spiro atoms. The first-order chi connectivity index (χ1) is 11.9.